The number of amides is 1. The average Bonchev–Trinajstić information content (AvgIpc) is 3.09. The fourth-order valence-corrected chi connectivity index (χ4v) is 4.15. The van der Waals surface area contributed by atoms with E-state index in [4.69, 9.17) is 9.47 Å². The van der Waals surface area contributed by atoms with Gasteiger partial charge in [-0.3, -0.25) is 14.5 Å². The van der Waals surface area contributed by atoms with Crippen LogP contribution in [0.2, 0.25) is 0 Å². The molecule has 1 aliphatic rings. The van der Waals surface area contributed by atoms with Gasteiger partial charge in [0, 0.05) is 11.3 Å². The van der Waals surface area contributed by atoms with Gasteiger partial charge in [0.25, 0.3) is 11.7 Å². The number of Topliss-reactive ketones (excluding diaryl/α,β-unsaturated/α-hetero) is 1. The Morgan fingerprint density at radius 2 is 1.65 bits per heavy atom. The van der Waals surface area contributed by atoms with Gasteiger partial charge in [-0.2, -0.15) is 0 Å². The Bertz CT molecular complexity index is 1280. The van der Waals surface area contributed by atoms with Crippen LogP contribution in [0.15, 0.2) is 78.4 Å². The highest BCUT2D eigenvalue weighted by Gasteiger charge is 2.47. The molecule has 6 nitrogen and oxygen atoms in total. The van der Waals surface area contributed by atoms with Gasteiger partial charge in [0.2, 0.25) is 0 Å². The van der Waals surface area contributed by atoms with Crippen LogP contribution in [0.25, 0.3) is 5.76 Å². The first kappa shape index (κ1) is 23.1. The summed E-state index contributed by atoms with van der Waals surface area (Å²) in [5, 5.41) is 11.3. The second-order valence-corrected chi connectivity index (χ2v) is 8.48. The first-order valence-electron chi connectivity index (χ1n) is 11.1. The number of ether oxygens (including phenoxy) is 2. The highest BCUT2D eigenvalue weighted by atomic mass is 16.5. The van der Waals surface area contributed by atoms with Crippen LogP contribution in [0, 0.1) is 6.92 Å². The number of carbonyl (C=O) groups excluding carboxylic acids is 2. The van der Waals surface area contributed by atoms with Crippen LogP contribution in [0.3, 0.4) is 0 Å². The quantitative estimate of drug-likeness (QED) is 0.304. The van der Waals surface area contributed by atoms with Gasteiger partial charge in [0.15, 0.2) is 0 Å². The van der Waals surface area contributed by atoms with Gasteiger partial charge in [-0.25, -0.2) is 0 Å². The second kappa shape index (κ2) is 9.43. The van der Waals surface area contributed by atoms with Crippen LogP contribution in [0.4, 0.5) is 5.69 Å². The highest BCUT2D eigenvalue weighted by molar-refractivity contribution is 6.51. The number of aryl methyl sites for hydroxylation is 1. The number of anilines is 1. The van der Waals surface area contributed by atoms with E-state index >= 15 is 0 Å². The number of methoxy groups -OCH3 is 1. The molecule has 1 fully saturated rings. The predicted octanol–water partition coefficient (Wildman–Crippen LogP) is 5.42. The van der Waals surface area contributed by atoms with Crippen molar-refractivity contribution in [2.24, 2.45) is 0 Å². The van der Waals surface area contributed by atoms with Crippen LogP contribution in [-0.2, 0) is 9.59 Å². The van der Waals surface area contributed by atoms with Crippen LogP contribution in [0.5, 0.6) is 11.5 Å². The lowest BCUT2D eigenvalue weighted by molar-refractivity contribution is -0.132. The third-order valence-corrected chi connectivity index (χ3v) is 5.61. The molecular formula is C28H27NO5. The predicted molar refractivity (Wildman–Crippen MR) is 131 cm³/mol. The Morgan fingerprint density at radius 1 is 0.941 bits per heavy atom. The normalized spacial score (nSPS) is 17.3. The molecule has 1 aliphatic heterocycles. The molecule has 3 aromatic rings. The summed E-state index contributed by atoms with van der Waals surface area (Å²) in [4.78, 5) is 28.0. The summed E-state index contributed by atoms with van der Waals surface area (Å²) in [6.45, 7) is 5.73. The summed E-state index contributed by atoms with van der Waals surface area (Å²) in [6.07, 6.45) is -0.0546. The molecule has 0 aromatic heterocycles. The summed E-state index contributed by atoms with van der Waals surface area (Å²) in [7, 11) is 1.55. The first-order chi connectivity index (χ1) is 16.3. The fourth-order valence-electron chi connectivity index (χ4n) is 4.15. The molecule has 1 N–H and O–H groups in total. The van der Waals surface area contributed by atoms with Crippen molar-refractivity contribution in [3.8, 4) is 11.5 Å². The van der Waals surface area contributed by atoms with Crippen LogP contribution in [0.1, 0.15) is 36.6 Å². The van der Waals surface area contributed by atoms with E-state index in [1.165, 1.54) is 4.90 Å². The van der Waals surface area contributed by atoms with E-state index in [0.717, 1.165) is 5.56 Å². The van der Waals surface area contributed by atoms with Gasteiger partial charge in [0.05, 0.1) is 24.8 Å². The largest absolute Gasteiger partial charge is 0.507 e. The smallest absolute Gasteiger partial charge is 0.300 e. The monoisotopic (exact) mass is 457 g/mol. The van der Waals surface area contributed by atoms with E-state index < -0.39 is 17.7 Å². The molecule has 0 radical (unpaired) electrons. The van der Waals surface area contributed by atoms with Crippen molar-refractivity contribution < 1.29 is 24.2 Å². The van der Waals surface area contributed by atoms with E-state index in [-0.39, 0.29) is 17.4 Å². The molecule has 0 bridgehead atoms. The second-order valence-electron chi connectivity index (χ2n) is 8.48. The van der Waals surface area contributed by atoms with E-state index in [1.54, 1.807) is 55.6 Å². The maximum absolute atomic E-state index is 13.3. The molecule has 0 saturated carbocycles. The Kier molecular flexibility index (Phi) is 6.41. The van der Waals surface area contributed by atoms with Crippen molar-refractivity contribution in [2.45, 2.75) is 32.9 Å². The Balaban J connectivity index is 1.92. The molecule has 1 heterocycles. The van der Waals surface area contributed by atoms with E-state index in [9.17, 15) is 14.7 Å². The zero-order chi connectivity index (χ0) is 24.4. The van der Waals surface area contributed by atoms with E-state index in [2.05, 4.69) is 0 Å². The lowest BCUT2D eigenvalue weighted by atomic mass is 9.95. The van der Waals surface area contributed by atoms with Gasteiger partial charge < -0.3 is 14.6 Å². The van der Waals surface area contributed by atoms with E-state index in [0.29, 0.717) is 28.3 Å². The molecule has 1 amide bonds. The standard InChI is InChI=1S/C28H27NO5/c1-17(2)34-23-13-7-10-20(16-23)26(30)24-25(19-9-6-12-22(15-19)33-4)29(28(32)27(24)31)21-11-5-8-18(3)14-21/h5-17,25,30H,1-4H3/b26-24+. The van der Waals surface area contributed by atoms with Crippen LogP contribution >= 0.6 is 0 Å². The van der Waals surface area contributed by atoms with Crippen molar-refractivity contribution in [1.29, 1.82) is 0 Å². The molecule has 174 valence electrons. The molecule has 4 rings (SSSR count). The number of nitrogens with zero attached hydrogens (tertiary/aromatic N) is 1. The number of hydrogen-bond donors (Lipinski definition) is 1. The lowest BCUT2D eigenvalue weighted by Gasteiger charge is -2.26. The Morgan fingerprint density at radius 3 is 2.35 bits per heavy atom. The highest BCUT2D eigenvalue weighted by Crippen LogP contribution is 2.43. The maximum atomic E-state index is 13.3. The number of ketones is 1. The Labute approximate surface area is 199 Å². The molecule has 0 aliphatic carbocycles. The average molecular weight is 458 g/mol. The third kappa shape index (κ3) is 4.39. The van der Waals surface area contributed by atoms with Crippen LogP contribution in [-0.4, -0.2) is 30.0 Å². The molecule has 6 heteroatoms. The topological polar surface area (TPSA) is 76.1 Å². The molecule has 1 unspecified atom stereocenters. The number of aliphatic hydroxyl groups excluding tert-OH is 1. The fraction of sp³-hybridized carbons (Fsp3) is 0.214. The Hall–Kier alpha value is -4.06. The van der Waals surface area contributed by atoms with E-state index in [1.807, 2.05) is 45.0 Å². The number of aliphatic hydroxyl groups is 1. The molecule has 1 saturated heterocycles. The summed E-state index contributed by atoms with van der Waals surface area (Å²) in [6, 6.07) is 20.6. The zero-order valence-corrected chi connectivity index (χ0v) is 19.6. The number of carbonyl (C=O) groups is 2. The molecule has 34 heavy (non-hydrogen) atoms. The van der Waals surface area contributed by atoms with Crippen molar-refractivity contribution in [2.75, 3.05) is 12.0 Å². The maximum Gasteiger partial charge on any atom is 0.300 e. The SMILES string of the molecule is COc1cccc(C2/C(=C(\O)c3cccc(OC(C)C)c3)C(=O)C(=O)N2c2cccc(C)c2)c1. The number of benzene rings is 3. The van der Waals surface area contributed by atoms with Crippen molar-refractivity contribution in [3.63, 3.8) is 0 Å². The first-order valence-corrected chi connectivity index (χ1v) is 11.1. The molecule has 1 atom stereocenters. The molecular weight excluding hydrogens is 430 g/mol. The summed E-state index contributed by atoms with van der Waals surface area (Å²) >= 11 is 0. The summed E-state index contributed by atoms with van der Waals surface area (Å²) in [5.41, 5.74) is 2.58. The third-order valence-electron chi connectivity index (χ3n) is 5.61. The van der Waals surface area contributed by atoms with Crippen molar-refractivity contribution >= 4 is 23.1 Å². The van der Waals surface area contributed by atoms with Crippen LogP contribution < -0.4 is 14.4 Å². The minimum atomic E-state index is -0.827. The zero-order valence-electron chi connectivity index (χ0n) is 19.6. The van der Waals surface area contributed by atoms with Gasteiger partial charge >= 0.3 is 0 Å². The minimum Gasteiger partial charge on any atom is -0.507 e. The summed E-state index contributed by atoms with van der Waals surface area (Å²) in [5.74, 6) is -0.559. The van der Waals surface area contributed by atoms with Crippen molar-refractivity contribution in [3.05, 3.63) is 95.1 Å². The van der Waals surface area contributed by atoms with Crippen molar-refractivity contribution in [1.82, 2.24) is 0 Å². The molecule has 0 spiro atoms. The lowest BCUT2D eigenvalue weighted by Crippen LogP contribution is -2.29. The minimum absolute atomic E-state index is 0.0152. The van der Waals surface area contributed by atoms with Gasteiger partial charge in [-0.15, -0.1) is 0 Å². The van der Waals surface area contributed by atoms with Gasteiger partial charge in [-0.05, 0) is 68.3 Å². The summed E-state index contributed by atoms with van der Waals surface area (Å²) < 4.78 is 11.1. The van der Waals surface area contributed by atoms with Gasteiger partial charge in [-0.1, -0.05) is 36.4 Å². The molecule has 3 aromatic carbocycles. The number of hydrogen-bond acceptors (Lipinski definition) is 5. The van der Waals surface area contributed by atoms with Gasteiger partial charge in [0.1, 0.15) is 17.3 Å². The number of rotatable bonds is 6.